The largest absolute Gasteiger partial charge is 0.487 e. The van der Waals surface area contributed by atoms with Crippen molar-refractivity contribution in [1.29, 1.82) is 0 Å². The van der Waals surface area contributed by atoms with Gasteiger partial charge in [0.2, 0.25) is 0 Å². The first kappa shape index (κ1) is 25.1. The van der Waals surface area contributed by atoms with E-state index < -0.39 is 0 Å². The minimum Gasteiger partial charge on any atom is -0.487 e. The number of aliphatic hydroxyl groups excluding tert-OH is 1. The smallest absolute Gasteiger partial charge is 0.130 e. The predicted molar refractivity (Wildman–Crippen MR) is 156 cm³/mol. The van der Waals surface area contributed by atoms with Crippen molar-refractivity contribution in [2.75, 3.05) is 6.61 Å². The van der Waals surface area contributed by atoms with Crippen molar-refractivity contribution in [2.24, 2.45) is 0 Å². The SMILES string of the molecule is CC1Cc2c(OCc3ccc(-c4ccccc4)cn3)ccc3c2c(c(CCO)n3Cc2cccc(Cl)c2)S1. The molecule has 2 aromatic heterocycles. The summed E-state index contributed by atoms with van der Waals surface area (Å²) in [6, 6.07) is 26.7. The first-order chi connectivity index (χ1) is 18.6. The van der Waals surface area contributed by atoms with Crippen LogP contribution in [0.4, 0.5) is 0 Å². The summed E-state index contributed by atoms with van der Waals surface area (Å²) in [5.74, 6) is 0.912. The van der Waals surface area contributed by atoms with Gasteiger partial charge in [0.25, 0.3) is 0 Å². The molecule has 0 spiro atoms. The van der Waals surface area contributed by atoms with E-state index in [4.69, 9.17) is 16.3 Å². The van der Waals surface area contributed by atoms with Crippen molar-refractivity contribution in [1.82, 2.24) is 9.55 Å². The molecule has 4 nitrogen and oxygen atoms in total. The summed E-state index contributed by atoms with van der Waals surface area (Å²) in [4.78, 5) is 5.92. The Morgan fingerprint density at radius 1 is 1.03 bits per heavy atom. The summed E-state index contributed by atoms with van der Waals surface area (Å²) in [5.41, 5.74) is 7.89. The fourth-order valence-corrected chi connectivity index (χ4v) is 6.88. The van der Waals surface area contributed by atoms with Gasteiger partial charge in [-0.05, 0) is 47.9 Å². The summed E-state index contributed by atoms with van der Waals surface area (Å²) >= 11 is 8.19. The lowest BCUT2D eigenvalue weighted by Gasteiger charge is -2.22. The highest BCUT2D eigenvalue weighted by Gasteiger charge is 2.28. The predicted octanol–water partition coefficient (Wildman–Crippen LogP) is 7.56. The van der Waals surface area contributed by atoms with Gasteiger partial charge in [-0.15, -0.1) is 11.8 Å². The van der Waals surface area contributed by atoms with E-state index in [1.165, 1.54) is 27.1 Å². The fourth-order valence-electron chi connectivity index (χ4n) is 5.32. The van der Waals surface area contributed by atoms with Crippen LogP contribution in [0.3, 0.4) is 0 Å². The molecule has 192 valence electrons. The zero-order valence-electron chi connectivity index (χ0n) is 21.2. The highest BCUT2D eigenvalue weighted by Crippen LogP contribution is 2.47. The fraction of sp³-hybridized carbons (Fsp3) is 0.219. The van der Waals surface area contributed by atoms with E-state index in [0.717, 1.165) is 39.6 Å². The molecule has 0 saturated heterocycles. The minimum atomic E-state index is 0.108. The third-order valence-corrected chi connectivity index (χ3v) is 8.53. The Bertz CT molecular complexity index is 1580. The number of aromatic nitrogens is 2. The van der Waals surface area contributed by atoms with Gasteiger partial charge in [0, 0.05) is 63.1 Å². The van der Waals surface area contributed by atoms with Gasteiger partial charge in [-0.1, -0.05) is 67.1 Å². The average molecular weight is 541 g/mol. The van der Waals surface area contributed by atoms with Crippen molar-refractivity contribution in [2.45, 2.75) is 43.1 Å². The maximum absolute atomic E-state index is 9.93. The number of hydrogen-bond donors (Lipinski definition) is 1. The molecule has 3 aromatic carbocycles. The highest BCUT2D eigenvalue weighted by atomic mass is 35.5. The minimum absolute atomic E-state index is 0.108. The van der Waals surface area contributed by atoms with E-state index in [2.05, 4.69) is 52.9 Å². The second-order valence-corrected chi connectivity index (χ2v) is 11.6. The van der Waals surface area contributed by atoms with E-state index in [1.807, 2.05) is 60.4 Å². The van der Waals surface area contributed by atoms with Crippen LogP contribution in [-0.4, -0.2) is 26.5 Å². The van der Waals surface area contributed by atoms with Crippen molar-refractivity contribution in [3.8, 4) is 16.9 Å². The number of thioether (sulfide) groups is 1. The normalized spacial score (nSPS) is 14.7. The van der Waals surface area contributed by atoms with Crippen LogP contribution in [0.1, 0.15) is 29.4 Å². The quantitative estimate of drug-likeness (QED) is 0.221. The molecular weight excluding hydrogens is 512 g/mol. The molecule has 0 radical (unpaired) electrons. The zero-order valence-corrected chi connectivity index (χ0v) is 22.8. The Balaban J connectivity index is 1.33. The van der Waals surface area contributed by atoms with Crippen LogP contribution in [0.5, 0.6) is 5.75 Å². The van der Waals surface area contributed by atoms with Gasteiger partial charge in [-0.3, -0.25) is 4.98 Å². The molecule has 0 saturated carbocycles. The number of aliphatic hydroxyl groups is 1. The number of nitrogens with zero attached hydrogens (tertiary/aromatic N) is 2. The maximum Gasteiger partial charge on any atom is 0.130 e. The van der Waals surface area contributed by atoms with E-state index >= 15 is 0 Å². The van der Waals surface area contributed by atoms with E-state index in [-0.39, 0.29) is 6.61 Å². The molecule has 1 N–H and O–H groups in total. The van der Waals surface area contributed by atoms with Gasteiger partial charge in [-0.25, -0.2) is 0 Å². The van der Waals surface area contributed by atoms with Crippen LogP contribution in [0.2, 0.25) is 5.02 Å². The molecule has 0 bridgehead atoms. The summed E-state index contributed by atoms with van der Waals surface area (Å²) in [7, 11) is 0. The summed E-state index contributed by atoms with van der Waals surface area (Å²) in [6.07, 6.45) is 3.46. The number of rotatable bonds is 8. The Kier molecular flexibility index (Phi) is 7.16. The molecule has 6 heteroatoms. The molecule has 1 aliphatic rings. The van der Waals surface area contributed by atoms with Gasteiger partial charge in [0.15, 0.2) is 0 Å². The van der Waals surface area contributed by atoms with Crippen LogP contribution >= 0.6 is 23.4 Å². The lowest BCUT2D eigenvalue weighted by Crippen LogP contribution is -2.10. The van der Waals surface area contributed by atoms with E-state index in [1.54, 1.807) is 0 Å². The Morgan fingerprint density at radius 3 is 2.66 bits per heavy atom. The summed E-state index contributed by atoms with van der Waals surface area (Å²) in [6.45, 7) is 3.49. The standard InChI is InChI=1S/C32H29ClN2O2S/c1-21-16-27-30(37-20-26-11-10-24(18-34-26)23-7-3-2-4-8-23)13-12-28-31(27)32(38-21)29(14-15-36)35(28)19-22-6-5-9-25(33)17-22/h2-13,17-18,21,36H,14-16,19-20H2,1H3. The zero-order chi connectivity index (χ0) is 26.1. The number of benzene rings is 3. The number of pyridine rings is 1. The first-order valence-electron chi connectivity index (χ1n) is 12.9. The molecule has 0 amide bonds. The van der Waals surface area contributed by atoms with Gasteiger partial charge in [0.05, 0.1) is 11.2 Å². The Morgan fingerprint density at radius 2 is 1.89 bits per heavy atom. The van der Waals surface area contributed by atoms with Crippen LogP contribution in [-0.2, 0) is 26.0 Å². The lowest BCUT2D eigenvalue weighted by atomic mass is 10.0. The molecule has 1 unspecified atom stereocenters. The molecule has 1 aliphatic heterocycles. The third kappa shape index (κ3) is 4.94. The van der Waals surface area contributed by atoms with Crippen molar-refractivity contribution in [3.63, 3.8) is 0 Å². The number of hydrogen-bond acceptors (Lipinski definition) is 4. The van der Waals surface area contributed by atoms with E-state index in [0.29, 0.717) is 24.8 Å². The van der Waals surface area contributed by atoms with Gasteiger partial charge in [0.1, 0.15) is 12.4 Å². The lowest BCUT2D eigenvalue weighted by molar-refractivity contribution is 0.296. The highest BCUT2D eigenvalue weighted by molar-refractivity contribution is 8.00. The first-order valence-corrected chi connectivity index (χ1v) is 14.2. The molecule has 6 rings (SSSR count). The monoisotopic (exact) mass is 540 g/mol. The molecular formula is C32H29ClN2O2S. The van der Waals surface area contributed by atoms with E-state index in [9.17, 15) is 5.11 Å². The Labute approximate surface area is 232 Å². The molecule has 0 aliphatic carbocycles. The number of halogens is 1. The Hall–Kier alpha value is -3.25. The van der Waals surface area contributed by atoms with Crippen LogP contribution < -0.4 is 4.74 Å². The topological polar surface area (TPSA) is 47.3 Å². The summed E-state index contributed by atoms with van der Waals surface area (Å²) < 4.78 is 8.74. The molecule has 0 fully saturated rings. The molecule has 1 atom stereocenters. The average Bonchev–Trinajstić information content (AvgIpc) is 3.22. The van der Waals surface area contributed by atoms with Crippen LogP contribution in [0.15, 0.2) is 90.0 Å². The van der Waals surface area contributed by atoms with Gasteiger partial charge < -0.3 is 14.4 Å². The maximum atomic E-state index is 9.93. The van der Waals surface area contributed by atoms with Crippen LogP contribution in [0.25, 0.3) is 22.0 Å². The van der Waals surface area contributed by atoms with Crippen molar-refractivity contribution >= 4 is 34.3 Å². The third-order valence-electron chi connectivity index (χ3n) is 7.05. The van der Waals surface area contributed by atoms with Crippen molar-refractivity contribution in [3.05, 3.63) is 113 Å². The van der Waals surface area contributed by atoms with Gasteiger partial charge >= 0.3 is 0 Å². The molecule has 3 heterocycles. The molecule has 38 heavy (non-hydrogen) atoms. The second-order valence-electron chi connectivity index (χ2n) is 9.73. The number of ether oxygens (including phenoxy) is 1. The van der Waals surface area contributed by atoms with Crippen molar-refractivity contribution < 1.29 is 9.84 Å². The molecule has 5 aromatic rings. The van der Waals surface area contributed by atoms with Gasteiger partial charge in [-0.2, -0.15) is 0 Å². The van der Waals surface area contributed by atoms with Crippen LogP contribution in [0, 0.1) is 0 Å². The summed E-state index contributed by atoms with van der Waals surface area (Å²) in [5, 5.41) is 12.3. The second kappa shape index (κ2) is 10.9.